The molecule has 0 bridgehead atoms. The molecule has 5 heteroatoms. The summed E-state index contributed by atoms with van der Waals surface area (Å²) >= 11 is 4.19. The number of phenolic OH excluding ortho intramolecular Hbond substituents is 1. The van der Waals surface area contributed by atoms with Gasteiger partial charge in [0.05, 0.1) is 15.7 Å². The first-order chi connectivity index (χ1) is 6.43. The standard InChI is InChI=1S/C9H11I2NO2/c1-4(13)8(12)6-2-5(10)3-7(11)9(6)14/h2-4,8,13-14H,12H2,1H3/t4-,8-/m1/s1. The molecule has 0 fully saturated rings. The molecule has 0 amide bonds. The zero-order chi connectivity index (χ0) is 10.9. The Morgan fingerprint density at radius 3 is 2.43 bits per heavy atom. The second-order valence-electron chi connectivity index (χ2n) is 3.09. The molecule has 0 aliphatic carbocycles. The predicted octanol–water partition coefficient (Wildman–Crippen LogP) is 1.98. The highest BCUT2D eigenvalue weighted by atomic mass is 127. The van der Waals surface area contributed by atoms with Gasteiger partial charge in [0.25, 0.3) is 0 Å². The van der Waals surface area contributed by atoms with Gasteiger partial charge in [-0.1, -0.05) is 0 Å². The summed E-state index contributed by atoms with van der Waals surface area (Å²) in [6.45, 7) is 1.61. The average molecular weight is 419 g/mol. The molecule has 0 unspecified atom stereocenters. The van der Waals surface area contributed by atoms with Crippen LogP contribution >= 0.6 is 45.2 Å². The van der Waals surface area contributed by atoms with Crippen LogP contribution in [0.2, 0.25) is 0 Å². The fraction of sp³-hybridized carbons (Fsp3) is 0.333. The van der Waals surface area contributed by atoms with Gasteiger partial charge in [0.2, 0.25) is 0 Å². The molecule has 1 rings (SSSR count). The molecule has 0 aliphatic rings. The molecular weight excluding hydrogens is 408 g/mol. The van der Waals surface area contributed by atoms with Gasteiger partial charge in [-0.15, -0.1) is 0 Å². The van der Waals surface area contributed by atoms with Crippen LogP contribution in [-0.2, 0) is 0 Å². The summed E-state index contributed by atoms with van der Waals surface area (Å²) in [5.41, 5.74) is 6.35. The Balaban J connectivity index is 3.20. The predicted molar refractivity (Wildman–Crippen MR) is 72.2 cm³/mol. The number of hydrogen-bond donors (Lipinski definition) is 3. The van der Waals surface area contributed by atoms with Crippen molar-refractivity contribution in [1.29, 1.82) is 0 Å². The van der Waals surface area contributed by atoms with E-state index in [1.807, 2.05) is 28.7 Å². The van der Waals surface area contributed by atoms with E-state index in [1.54, 1.807) is 13.0 Å². The lowest BCUT2D eigenvalue weighted by atomic mass is 10.0. The highest BCUT2D eigenvalue weighted by molar-refractivity contribution is 14.1. The maximum absolute atomic E-state index is 9.74. The largest absolute Gasteiger partial charge is 0.506 e. The van der Waals surface area contributed by atoms with Crippen molar-refractivity contribution in [3.05, 3.63) is 24.8 Å². The summed E-state index contributed by atoms with van der Waals surface area (Å²) in [6, 6.07) is 3.10. The van der Waals surface area contributed by atoms with Crippen LogP contribution in [0.5, 0.6) is 5.75 Å². The zero-order valence-electron chi connectivity index (χ0n) is 7.54. The zero-order valence-corrected chi connectivity index (χ0v) is 11.9. The Bertz CT molecular complexity index is 342. The molecule has 4 N–H and O–H groups in total. The number of rotatable bonds is 2. The average Bonchev–Trinajstić information content (AvgIpc) is 2.09. The van der Waals surface area contributed by atoms with Crippen molar-refractivity contribution in [2.45, 2.75) is 19.1 Å². The van der Waals surface area contributed by atoms with Crippen LogP contribution in [-0.4, -0.2) is 16.3 Å². The second-order valence-corrected chi connectivity index (χ2v) is 5.50. The van der Waals surface area contributed by atoms with Gasteiger partial charge in [-0.05, 0) is 64.2 Å². The van der Waals surface area contributed by atoms with Crippen molar-refractivity contribution in [2.24, 2.45) is 5.73 Å². The number of nitrogens with two attached hydrogens (primary N) is 1. The number of phenols is 1. The van der Waals surface area contributed by atoms with Gasteiger partial charge in [0.1, 0.15) is 5.75 Å². The first-order valence-corrected chi connectivity index (χ1v) is 6.20. The topological polar surface area (TPSA) is 66.5 Å². The fourth-order valence-corrected chi connectivity index (χ4v) is 2.99. The van der Waals surface area contributed by atoms with Crippen LogP contribution in [0.3, 0.4) is 0 Å². The van der Waals surface area contributed by atoms with E-state index in [2.05, 4.69) is 22.6 Å². The van der Waals surface area contributed by atoms with Gasteiger partial charge in [0.15, 0.2) is 0 Å². The van der Waals surface area contributed by atoms with E-state index in [0.717, 1.165) is 7.14 Å². The van der Waals surface area contributed by atoms with Crippen LogP contribution in [0.4, 0.5) is 0 Å². The number of aromatic hydroxyl groups is 1. The third kappa shape index (κ3) is 2.71. The Morgan fingerprint density at radius 1 is 1.36 bits per heavy atom. The molecule has 14 heavy (non-hydrogen) atoms. The molecule has 0 aromatic heterocycles. The first-order valence-electron chi connectivity index (χ1n) is 4.05. The van der Waals surface area contributed by atoms with E-state index in [-0.39, 0.29) is 5.75 Å². The maximum atomic E-state index is 9.74. The van der Waals surface area contributed by atoms with Crippen molar-refractivity contribution in [1.82, 2.24) is 0 Å². The highest BCUT2D eigenvalue weighted by Crippen LogP contribution is 2.31. The minimum Gasteiger partial charge on any atom is -0.506 e. The second kappa shape index (κ2) is 4.95. The first kappa shape index (κ1) is 12.5. The summed E-state index contributed by atoms with van der Waals surface area (Å²) in [5, 5.41) is 19.1. The summed E-state index contributed by atoms with van der Waals surface area (Å²) < 4.78 is 1.75. The van der Waals surface area contributed by atoms with Gasteiger partial charge in [-0.2, -0.15) is 0 Å². The fourth-order valence-electron chi connectivity index (χ4n) is 1.10. The number of aliphatic hydroxyl groups excluding tert-OH is 1. The van der Waals surface area contributed by atoms with Crippen LogP contribution in [0.15, 0.2) is 12.1 Å². The molecule has 0 aliphatic heterocycles. The Kier molecular flexibility index (Phi) is 4.41. The summed E-state index contributed by atoms with van der Waals surface area (Å²) in [7, 11) is 0. The number of benzene rings is 1. The van der Waals surface area contributed by atoms with Gasteiger partial charge >= 0.3 is 0 Å². The molecule has 0 saturated heterocycles. The Morgan fingerprint density at radius 2 is 1.93 bits per heavy atom. The molecular formula is C9H11I2NO2. The lowest BCUT2D eigenvalue weighted by molar-refractivity contribution is 0.162. The number of aliphatic hydroxyl groups is 1. The van der Waals surface area contributed by atoms with Gasteiger partial charge in [-0.3, -0.25) is 0 Å². The molecule has 0 radical (unpaired) electrons. The van der Waals surface area contributed by atoms with E-state index in [0.29, 0.717) is 5.56 Å². The molecule has 0 spiro atoms. The summed E-state index contributed by atoms with van der Waals surface area (Å²) in [4.78, 5) is 0. The molecule has 0 heterocycles. The third-order valence-corrected chi connectivity index (χ3v) is 3.38. The van der Waals surface area contributed by atoms with Crippen molar-refractivity contribution in [3.63, 3.8) is 0 Å². The smallest absolute Gasteiger partial charge is 0.133 e. The van der Waals surface area contributed by atoms with Crippen molar-refractivity contribution in [3.8, 4) is 5.75 Å². The maximum Gasteiger partial charge on any atom is 0.133 e. The lowest BCUT2D eigenvalue weighted by Crippen LogP contribution is -2.23. The van der Waals surface area contributed by atoms with Crippen LogP contribution in [0.25, 0.3) is 0 Å². The number of hydrogen-bond acceptors (Lipinski definition) is 3. The SMILES string of the molecule is C[C@@H](O)[C@@H](N)c1cc(I)cc(I)c1O. The van der Waals surface area contributed by atoms with Gasteiger partial charge < -0.3 is 15.9 Å². The lowest BCUT2D eigenvalue weighted by Gasteiger charge is -2.17. The van der Waals surface area contributed by atoms with E-state index < -0.39 is 12.1 Å². The highest BCUT2D eigenvalue weighted by Gasteiger charge is 2.18. The van der Waals surface area contributed by atoms with Crippen LogP contribution < -0.4 is 5.73 Å². The monoisotopic (exact) mass is 419 g/mol. The summed E-state index contributed by atoms with van der Waals surface area (Å²) in [5.74, 6) is 0.166. The Labute approximate surface area is 110 Å². The van der Waals surface area contributed by atoms with Crippen molar-refractivity contribution < 1.29 is 10.2 Å². The molecule has 78 valence electrons. The van der Waals surface area contributed by atoms with E-state index in [9.17, 15) is 10.2 Å². The normalized spacial score (nSPS) is 15.2. The molecule has 0 saturated carbocycles. The minimum absolute atomic E-state index is 0.166. The van der Waals surface area contributed by atoms with Gasteiger partial charge in [-0.25, -0.2) is 0 Å². The molecule has 2 atom stereocenters. The third-order valence-electron chi connectivity index (χ3n) is 1.94. The summed E-state index contributed by atoms with van der Waals surface area (Å²) in [6.07, 6.45) is -0.671. The van der Waals surface area contributed by atoms with E-state index in [4.69, 9.17) is 5.73 Å². The van der Waals surface area contributed by atoms with Crippen molar-refractivity contribution in [2.75, 3.05) is 0 Å². The molecule has 3 nitrogen and oxygen atoms in total. The Hall–Kier alpha value is 0.400. The van der Waals surface area contributed by atoms with Crippen LogP contribution in [0, 0.1) is 7.14 Å². The minimum atomic E-state index is -0.671. The van der Waals surface area contributed by atoms with E-state index in [1.165, 1.54) is 0 Å². The van der Waals surface area contributed by atoms with Crippen LogP contribution in [0.1, 0.15) is 18.5 Å². The quantitative estimate of drug-likeness (QED) is 0.643. The molecule has 1 aromatic carbocycles. The molecule has 1 aromatic rings. The van der Waals surface area contributed by atoms with Crippen molar-refractivity contribution >= 4 is 45.2 Å². The van der Waals surface area contributed by atoms with E-state index >= 15 is 0 Å². The number of halogens is 2. The van der Waals surface area contributed by atoms with Gasteiger partial charge in [0, 0.05) is 9.13 Å².